The average molecular weight is 218 g/mol. The summed E-state index contributed by atoms with van der Waals surface area (Å²) in [5.41, 5.74) is 0. The van der Waals surface area contributed by atoms with E-state index in [2.05, 4.69) is 13.8 Å². The normalized spacial score (nSPS) is 17.9. The molecule has 0 heterocycles. The van der Waals surface area contributed by atoms with Crippen molar-refractivity contribution >= 4 is 40.4 Å². The Hall–Kier alpha value is 1.13. The fourth-order valence-electron chi connectivity index (χ4n) is 0.765. The van der Waals surface area contributed by atoms with E-state index in [4.69, 9.17) is 4.55 Å². The Morgan fingerprint density at radius 3 is 2.17 bits per heavy atom. The molecule has 68 valence electrons. The summed E-state index contributed by atoms with van der Waals surface area (Å²) in [7, 11) is -3.70. The molecule has 0 saturated carbocycles. The van der Waals surface area contributed by atoms with Crippen molar-refractivity contribution in [3.8, 4) is 0 Å². The summed E-state index contributed by atoms with van der Waals surface area (Å²) in [6.45, 7) is 5.88. The Balaban J connectivity index is 4.25. The van der Waals surface area contributed by atoms with Crippen molar-refractivity contribution in [3.63, 3.8) is 0 Å². The minimum absolute atomic E-state index is 0.521. The van der Waals surface area contributed by atoms with Gasteiger partial charge in [-0.05, 0) is 0 Å². The third-order valence-electron chi connectivity index (χ3n) is 2.02. The van der Waals surface area contributed by atoms with Gasteiger partial charge in [0.2, 0.25) is 0 Å². The summed E-state index contributed by atoms with van der Waals surface area (Å²) in [5.74, 6) is 0.521. The topological polar surface area (TPSA) is 54.4 Å². The predicted octanol–water partition coefficient (Wildman–Crippen LogP) is 1.16. The van der Waals surface area contributed by atoms with E-state index < -0.39 is 13.4 Å². The monoisotopic (exact) mass is 218 g/mol. The second-order valence-corrected chi connectivity index (χ2v) is 22.8. The van der Waals surface area contributed by atoms with E-state index in [1.54, 1.807) is 6.55 Å². The standard InChI is InChI=1S/C6H15O3SSi.Na/c1-6(2)4-5-11(3)10(7,8)9;/h6H,4-5H2,1-3H3,(H,7,8,9);. The molecule has 12 heavy (non-hydrogen) atoms. The van der Waals surface area contributed by atoms with Crippen molar-refractivity contribution in [2.24, 2.45) is 5.92 Å². The van der Waals surface area contributed by atoms with Crippen LogP contribution in [-0.2, 0) is 9.57 Å². The second-order valence-electron chi connectivity index (χ2n) is 4.17. The third kappa shape index (κ3) is 4.39. The molecule has 3 nitrogen and oxygen atoms in total. The van der Waals surface area contributed by atoms with Gasteiger partial charge in [0.15, 0.2) is 0 Å². The molecule has 0 aromatic heterocycles. The minimum atomic E-state index is -3.70. The number of hydrogen-bond donors (Lipinski definition) is 1. The van der Waals surface area contributed by atoms with Crippen LogP contribution in [0.25, 0.3) is 0 Å². The molecule has 0 fully saturated rings. The Kier molecular flexibility index (Phi) is 5.00. The van der Waals surface area contributed by atoms with E-state index in [0.29, 0.717) is 39.0 Å². The molecule has 1 N–H and O–H groups in total. The molecule has 0 aromatic carbocycles. The molecule has 0 radical (unpaired) electrons. The van der Waals surface area contributed by atoms with E-state index in [1.165, 1.54) is 0 Å². The molecule has 0 rings (SSSR count). The first-order valence-electron chi connectivity index (χ1n) is 4.14. The van der Waals surface area contributed by atoms with E-state index in [0.717, 1.165) is 6.42 Å². The van der Waals surface area contributed by atoms with Crippen LogP contribution < -0.4 is 0 Å². The Bertz CT molecular complexity index is 235. The fraction of sp³-hybridized carbons (Fsp3) is 1.00. The first kappa shape index (κ1) is 13.1. The van der Waals surface area contributed by atoms with E-state index in [9.17, 15) is 8.42 Å². The van der Waals surface area contributed by atoms with Crippen LogP contribution in [0.2, 0.25) is 12.6 Å². The van der Waals surface area contributed by atoms with Gasteiger partial charge in [-0.3, -0.25) is 0 Å². The van der Waals surface area contributed by atoms with Gasteiger partial charge in [-0.1, -0.05) is 0 Å². The van der Waals surface area contributed by atoms with Crippen LogP contribution in [0.4, 0.5) is 0 Å². The molecule has 0 aliphatic carbocycles. The molecular formula is C6H15NaO3SSi. The molecule has 0 aliphatic heterocycles. The Morgan fingerprint density at radius 1 is 1.50 bits per heavy atom. The molecule has 6 heteroatoms. The predicted molar refractivity (Wildman–Crippen MR) is 53.2 cm³/mol. The van der Waals surface area contributed by atoms with Gasteiger partial charge < -0.3 is 0 Å². The van der Waals surface area contributed by atoms with Gasteiger partial charge in [0.25, 0.3) is 0 Å². The first-order chi connectivity index (χ1) is 5.17. The van der Waals surface area contributed by atoms with Gasteiger partial charge in [-0.15, -0.1) is 0 Å². The summed E-state index contributed by atoms with van der Waals surface area (Å²) in [6.07, 6.45) is 0.909. The van der Waals surface area contributed by atoms with E-state index in [-0.39, 0.29) is 0 Å². The molecule has 0 amide bonds. The van der Waals surface area contributed by atoms with Gasteiger partial charge in [0, 0.05) is 0 Å². The molecule has 1 unspecified atom stereocenters. The zero-order valence-corrected chi connectivity index (χ0v) is 12.0. The molecule has 0 saturated heterocycles. The molecule has 0 aromatic rings. The summed E-state index contributed by atoms with van der Waals surface area (Å²) in [5, 5.41) is 0. The van der Waals surface area contributed by atoms with Crippen molar-refractivity contribution in [2.45, 2.75) is 32.9 Å². The summed E-state index contributed by atoms with van der Waals surface area (Å²) in [6, 6.07) is 0.704. The van der Waals surface area contributed by atoms with Crippen molar-refractivity contribution in [2.75, 3.05) is 0 Å². The van der Waals surface area contributed by atoms with Crippen LogP contribution in [0.1, 0.15) is 20.3 Å². The third-order valence-corrected chi connectivity index (χ3v) is 15.9. The molecule has 0 spiro atoms. The van der Waals surface area contributed by atoms with E-state index >= 15 is 0 Å². The first-order valence-corrected chi connectivity index (χ1v) is 12.5. The molecular weight excluding hydrogens is 203 g/mol. The fourth-order valence-corrected chi connectivity index (χ4v) is 4.29. The average Bonchev–Trinajstić information content (AvgIpc) is 1.81. The zero-order chi connectivity index (χ0) is 9.99. The van der Waals surface area contributed by atoms with Crippen LogP contribution in [-0.4, -0.2) is 43.8 Å². The van der Waals surface area contributed by atoms with Crippen molar-refractivity contribution < 1.29 is 13.0 Å². The van der Waals surface area contributed by atoms with Crippen LogP contribution >= 0.6 is 0 Å². The van der Waals surface area contributed by atoms with Gasteiger partial charge in [0.1, 0.15) is 0 Å². The van der Waals surface area contributed by atoms with E-state index in [1.807, 2.05) is 0 Å². The van der Waals surface area contributed by atoms with Gasteiger partial charge in [-0.25, -0.2) is 0 Å². The van der Waals surface area contributed by atoms with Gasteiger partial charge >= 0.3 is 92.1 Å². The van der Waals surface area contributed by atoms with Crippen LogP contribution in [0.15, 0.2) is 0 Å². The van der Waals surface area contributed by atoms with Crippen LogP contribution in [0.3, 0.4) is 0 Å². The molecule has 1 atom stereocenters. The maximum atomic E-state index is 10.9. The maximum absolute atomic E-state index is 10.9. The number of rotatable bonds is 4. The quantitative estimate of drug-likeness (QED) is 0.569. The number of hydrogen-bond acceptors (Lipinski definition) is 2. The van der Waals surface area contributed by atoms with Gasteiger partial charge in [-0.2, -0.15) is 0 Å². The second kappa shape index (κ2) is 4.57. The SMILES string of the molecule is CC(C)CC[Si](C)([Na])S(=O)(=O)O. The van der Waals surface area contributed by atoms with Gasteiger partial charge in [0.05, 0.1) is 0 Å². The molecule has 0 aliphatic rings. The van der Waals surface area contributed by atoms with Crippen molar-refractivity contribution in [3.05, 3.63) is 0 Å². The molecule has 0 bridgehead atoms. The Labute approximate surface area is 91.5 Å². The Morgan fingerprint density at radius 2 is 1.92 bits per heavy atom. The van der Waals surface area contributed by atoms with Crippen molar-refractivity contribution in [1.29, 1.82) is 0 Å². The zero-order valence-electron chi connectivity index (χ0n) is 8.16. The van der Waals surface area contributed by atoms with Crippen LogP contribution in [0.5, 0.6) is 0 Å². The summed E-state index contributed by atoms with van der Waals surface area (Å²) in [4.78, 5) is 0. The van der Waals surface area contributed by atoms with Crippen LogP contribution in [0, 0.1) is 5.92 Å². The summed E-state index contributed by atoms with van der Waals surface area (Å²) < 4.78 is 28.5. The van der Waals surface area contributed by atoms with Crippen molar-refractivity contribution in [1.82, 2.24) is 0 Å². The summed E-state index contributed by atoms with van der Waals surface area (Å²) >= 11 is 0.614.